The molecule has 2 aliphatic rings. The van der Waals surface area contributed by atoms with Gasteiger partial charge in [0.25, 0.3) is 0 Å². The Hall–Kier alpha value is -3.87. The van der Waals surface area contributed by atoms with Gasteiger partial charge in [0.1, 0.15) is 23.0 Å². The zero-order chi connectivity index (χ0) is 25.2. The average Bonchev–Trinajstić information content (AvgIpc) is 2.89. The van der Waals surface area contributed by atoms with Gasteiger partial charge in [-0.1, -0.05) is 18.2 Å². The number of benzene rings is 3. The predicted octanol–water partition coefficient (Wildman–Crippen LogP) is 5.09. The van der Waals surface area contributed by atoms with E-state index in [-0.39, 0.29) is 34.8 Å². The average molecular weight is 489 g/mol. The summed E-state index contributed by atoms with van der Waals surface area (Å²) in [6, 6.07) is 15.5. The van der Waals surface area contributed by atoms with Crippen molar-refractivity contribution in [3.05, 3.63) is 71.3 Å². The Morgan fingerprint density at radius 2 is 1.17 bits per heavy atom. The molecule has 3 aromatic carbocycles. The second-order valence-corrected chi connectivity index (χ2v) is 9.84. The first-order valence-electron chi connectivity index (χ1n) is 12.6. The first-order valence-corrected chi connectivity index (χ1v) is 12.6. The molecule has 4 N–H and O–H groups in total. The molecule has 7 nitrogen and oxygen atoms in total. The van der Waals surface area contributed by atoms with Crippen LogP contribution >= 0.6 is 0 Å². The Kier molecular flexibility index (Phi) is 6.63. The minimum absolute atomic E-state index is 0.0580. The summed E-state index contributed by atoms with van der Waals surface area (Å²) in [7, 11) is 0. The fourth-order valence-corrected chi connectivity index (χ4v) is 5.84. The lowest BCUT2D eigenvalue weighted by atomic mass is 9.87. The SMILES string of the molecule is O=Cc1cccc(N2CCC(c3ccc(O)cc3O)CC2)c1N1CCC(c2ccc(O)cc2O)CC1. The van der Waals surface area contributed by atoms with Crippen LogP contribution in [0.1, 0.15) is 59.0 Å². The van der Waals surface area contributed by atoms with Crippen molar-refractivity contribution in [2.24, 2.45) is 0 Å². The maximum absolute atomic E-state index is 12.0. The van der Waals surface area contributed by atoms with E-state index in [0.29, 0.717) is 5.56 Å². The van der Waals surface area contributed by atoms with E-state index in [1.54, 1.807) is 24.3 Å². The summed E-state index contributed by atoms with van der Waals surface area (Å²) in [5.74, 6) is 0.802. The molecule has 5 rings (SSSR count). The third-order valence-electron chi connectivity index (χ3n) is 7.73. The molecule has 0 aliphatic carbocycles. The number of aldehydes is 1. The third-order valence-corrected chi connectivity index (χ3v) is 7.73. The quantitative estimate of drug-likeness (QED) is 0.371. The molecule has 7 heteroatoms. The first kappa shape index (κ1) is 23.9. The van der Waals surface area contributed by atoms with E-state index in [1.807, 2.05) is 12.1 Å². The van der Waals surface area contributed by atoms with Gasteiger partial charge in [-0.15, -0.1) is 0 Å². The summed E-state index contributed by atoms with van der Waals surface area (Å²) < 4.78 is 0. The molecule has 36 heavy (non-hydrogen) atoms. The van der Waals surface area contributed by atoms with Crippen molar-refractivity contribution >= 4 is 17.7 Å². The standard InChI is InChI=1S/C29H32N2O5/c32-18-21-2-1-3-26(30-12-8-19(9-13-30)24-6-4-22(33)16-27(24)35)29(21)31-14-10-20(11-15-31)25-7-5-23(34)17-28(25)36/h1-7,16-20,33-36H,8-15H2. The van der Waals surface area contributed by atoms with Gasteiger partial charge in [0.05, 0.1) is 11.4 Å². The van der Waals surface area contributed by atoms with Gasteiger partial charge in [-0.2, -0.15) is 0 Å². The van der Waals surface area contributed by atoms with Crippen LogP contribution in [0.5, 0.6) is 23.0 Å². The highest BCUT2D eigenvalue weighted by molar-refractivity contribution is 5.91. The minimum atomic E-state index is 0.0580. The van der Waals surface area contributed by atoms with E-state index in [9.17, 15) is 25.2 Å². The summed E-state index contributed by atoms with van der Waals surface area (Å²) in [4.78, 5) is 16.6. The number of hydrogen-bond acceptors (Lipinski definition) is 7. The van der Waals surface area contributed by atoms with Crippen LogP contribution in [0, 0.1) is 0 Å². The van der Waals surface area contributed by atoms with Crippen molar-refractivity contribution in [1.29, 1.82) is 0 Å². The van der Waals surface area contributed by atoms with Gasteiger partial charge in [0.2, 0.25) is 0 Å². The van der Waals surface area contributed by atoms with Gasteiger partial charge in [-0.05, 0) is 72.9 Å². The summed E-state index contributed by atoms with van der Waals surface area (Å²) >= 11 is 0. The lowest BCUT2D eigenvalue weighted by Gasteiger charge is -2.40. The molecule has 0 amide bonds. The molecule has 3 aromatic rings. The van der Waals surface area contributed by atoms with Gasteiger partial charge in [-0.25, -0.2) is 0 Å². The predicted molar refractivity (Wildman–Crippen MR) is 140 cm³/mol. The number of anilines is 2. The van der Waals surface area contributed by atoms with Crippen molar-refractivity contribution in [2.75, 3.05) is 36.0 Å². The second kappa shape index (κ2) is 10.0. The van der Waals surface area contributed by atoms with Crippen molar-refractivity contribution in [3.8, 4) is 23.0 Å². The number of carbonyl (C=O) groups excluding carboxylic acids is 1. The van der Waals surface area contributed by atoms with Crippen LogP contribution < -0.4 is 9.80 Å². The molecule has 2 saturated heterocycles. The third kappa shape index (κ3) is 4.65. The maximum Gasteiger partial charge on any atom is 0.152 e. The zero-order valence-electron chi connectivity index (χ0n) is 20.2. The van der Waals surface area contributed by atoms with Crippen molar-refractivity contribution in [3.63, 3.8) is 0 Å². The summed E-state index contributed by atoms with van der Waals surface area (Å²) in [5, 5.41) is 39.8. The van der Waals surface area contributed by atoms with E-state index < -0.39 is 0 Å². The number of aromatic hydroxyl groups is 4. The molecular weight excluding hydrogens is 456 g/mol. The van der Waals surface area contributed by atoms with Gasteiger partial charge >= 0.3 is 0 Å². The highest BCUT2D eigenvalue weighted by atomic mass is 16.3. The molecule has 0 aromatic heterocycles. The van der Waals surface area contributed by atoms with Crippen LogP contribution in [0.4, 0.5) is 11.4 Å². The first-order chi connectivity index (χ1) is 17.4. The minimum Gasteiger partial charge on any atom is -0.508 e. The molecule has 2 fully saturated rings. The Morgan fingerprint density at radius 3 is 1.64 bits per heavy atom. The monoisotopic (exact) mass is 488 g/mol. The number of para-hydroxylation sites is 1. The van der Waals surface area contributed by atoms with Crippen molar-refractivity contribution < 1.29 is 25.2 Å². The van der Waals surface area contributed by atoms with E-state index >= 15 is 0 Å². The lowest BCUT2D eigenvalue weighted by Crippen LogP contribution is -2.37. The van der Waals surface area contributed by atoms with E-state index in [1.165, 1.54) is 12.1 Å². The molecule has 188 valence electrons. The van der Waals surface area contributed by atoms with Crippen molar-refractivity contribution in [2.45, 2.75) is 37.5 Å². The van der Waals surface area contributed by atoms with Crippen LogP contribution in [0.15, 0.2) is 54.6 Å². The zero-order valence-corrected chi connectivity index (χ0v) is 20.2. The molecule has 0 bridgehead atoms. The number of phenols is 4. The summed E-state index contributed by atoms with van der Waals surface area (Å²) in [5.41, 5.74) is 4.42. The topological polar surface area (TPSA) is 104 Å². The number of nitrogens with zero attached hydrogens (tertiary/aromatic N) is 2. The number of carbonyl (C=O) groups is 1. The van der Waals surface area contributed by atoms with Gasteiger partial charge in [0, 0.05) is 43.9 Å². The number of phenolic OH excluding ortho intramolecular Hbond substituents is 4. The van der Waals surface area contributed by atoms with Gasteiger partial charge in [-0.3, -0.25) is 4.79 Å². The maximum atomic E-state index is 12.0. The Labute approximate surface area is 210 Å². The van der Waals surface area contributed by atoms with E-state index in [2.05, 4.69) is 15.9 Å². The molecular formula is C29H32N2O5. The lowest BCUT2D eigenvalue weighted by molar-refractivity contribution is 0.112. The molecule has 0 saturated carbocycles. The Bertz CT molecular complexity index is 1240. The number of hydrogen-bond donors (Lipinski definition) is 4. The van der Waals surface area contributed by atoms with E-state index in [4.69, 9.17) is 0 Å². The normalized spacial score (nSPS) is 17.3. The summed E-state index contributed by atoms with van der Waals surface area (Å²) in [6.07, 6.45) is 4.34. The molecule has 0 radical (unpaired) electrons. The Balaban J connectivity index is 1.32. The fraction of sp³-hybridized carbons (Fsp3) is 0.345. The largest absolute Gasteiger partial charge is 0.508 e. The smallest absolute Gasteiger partial charge is 0.152 e. The molecule has 0 atom stereocenters. The Morgan fingerprint density at radius 1 is 0.667 bits per heavy atom. The number of piperidine rings is 2. The van der Waals surface area contributed by atoms with Crippen LogP contribution in [0.3, 0.4) is 0 Å². The van der Waals surface area contributed by atoms with Crippen LogP contribution in [0.2, 0.25) is 0 Å². The van der Waals surface area contributed by atoms with Crippen LogP contribution in [0.25, 0.3) is 0 Å². The van der Waals surface area contributed by atoms with Gasteiger partial charge in [0.15, 0.2) is 6.29 Å². The summed E-state index contributed by atoms with van der Waals surface area (Å²) in [6.45, 7) is 3.14. The molecule has 0 spiro atoms. The second-order valence-electron chi connectivity index (χ2n) is 9.84. The highest BCUT2D eigenvalue weighted by Crippen LogP contribution is 2.42. The van der Waals surface area contributed by atoms with Crippen LogP contribution in [-0.2, 0) is 0 Å². The highest BCUT2D eigenvalue weighted by Gasteiger charge is 2.29. The molecule has 2 aliphatic heterocycles. The molecule has 2 heterocycles. The number of rotatable bonds is 5. The van der Waals surface area contributed by atoms with Crippen LogP contribution in [-0.4, -0.2) is 52.9 Å². The fourth-order valence-electron chi connectivity index (χ4n) is 5.84. The van der Waals surface area contributed by atoms with E-state index in [0.717, 1.165) is 80.7 Å². The van der Waals surface area contributed by atoms with Crippen molar-refractivity contribution in [1.82, 2.24) is 0 Å². The molecule has 0 unspecified atom stereocenters. The van der Waals surface area contributed by atoms with Gasteiger partial charge < -0.3 is 30.2 Å².